The SMILES string of the molecule is CCC1(CNC(=O)NC)CC1. The molecule has 0 aromatic rings. The third-order valence-corrected chi connectivity index (χ3v) is 2.56. The molecule has 3 nitrogen and oxygen atoms in total. The van der Waals surface area contributed by atoms with E-state index in [1.54, 1.807) is 7.05 Å². The quantitative estimate of drug-likeness (QED) is 0.631. The van der Waals surface area contributed by atoms with Gasteiger partial charge in [-0.2, -0.15) is 0 Å². The van der Waals surface area contributed by atoms with E-state index < -0.39 is 0 Å². The molecule has 11 heavy (non-hydrogen) atoms. The molecule has 64 valence electrons. The Labute approximate surface area is 67.5 Å². The highest BCUT2D eigenvalue weighted by atomic mass is 16.2. The summed E-state index contributed by atoms with van der Waals surface area (Å²) in [6.07, 6.45) is 3.72. The van der Waals surface area contributed by atoms with Gasteiger partial charge in [0.05, 0.1) is 0 Å². The Kier molecular flexibility index (Phi) is 2.37. The van der Waals surface area contributed by atoms with Gasteiger partial charge >= 0.3 is 6.03 Å². The van der Waals surface area contributed by atoms with Crippen LogP contribution >= 0.6 is 0 Å². The Hall–Kier alpha value is -0.730. The van der Waals surface area contributed by atoms with Crippen LogP contribution in [0, 0.1) is 5.41 Å². The molecule has 1 saturated carbocycles. The van der Waals surface area contributed by atoms with Crippen molar-refractivity contribution in [1.29, 1.82) is 0 Å². The maximum Gasteiger partial charge on any atom is 0.314 e. The zero-order valence-electron chi connectivity index (χ0n) is 7.24. The molecule has 3 heteroatoms. The van der Waals surface area contributed by atoms with Crippen LogP contribution in [-0.4, -0.2) is 19.6 Å². The molecule has 1 aliphatic carbocycles. The zero-order valence-corrected chi connectivity index (χ0v) is 7.24. The molecule has 1 aliphatic rings. The predicted molar refractivity (Wildman–Crippen MR) is 44.4 cm³/mol. The van der Waals surface area contributed by atoms with Crippen molar-refractivity contribution in [1.82, 2.24) is 10.6 Å². The summed E-state index contributed by atoms with van der Waals surface area (Å²) in [4.78, 5) is 10.8. The topological polar surface area (TPSA) is 41.1 Å². The first-order valence-corrected chi connectivity index (χ1v) is 4.18. The van der Waals surface area contributed by atoms with Crippen LogP contribution in [-0.2, 0) is 0 Å². The third-order valence-electron chi connectivity index (χ3n) is 2.56. The summed E-state index contributed by atoms with van der Waals surface area (Å²) in [6.45, 7) is 3.02. The average Bonchev–Trinajstić information content (AvgIpc) is 2.81. The fourth-order valence-electron chi connectivity index (χ4n) is 1.19. The van der Waals surface area contributed by atoms with E-state index in [0.29, 0.717) is 5.41 Å². The van der Waals surface area contributed by atoms with Crippen LogP contribution in [0.3, 0.4) is 0 Å². The highest BCUT2D eigenvalue weighted by Gasteiger charge is 2.40. The summed E-state index contributed by atoms with van der Waals surface area (Å²) < 4.78 is 0. The molecule has 0 bridgehead atoms. The molecule has 1 fully saturated rings. The summed E-state index contributed by atoms with van der Waals surface area (Å²) in [5.41, 5.74) is 0.451. The van der Waals surface area contributed by atoms with Crippen LogP contribution in [0.25, 0.3) is 0 Å². The van der Waals surface area contributed by atoms with Gasteiger partial charge in [-0.3, -0.25) is 0 Å². The zero-order chi connectivity index (χ0) is 8.32. The van der Waals surface area contributed by atoms with Crippen molar-refractivity contribution in [2.45, 2.75) is 26.2 Å². The molecule has 0 aromatic heterocycles. The fraction of sp³-hybridized carbons (Fsp3) is 0.875. The molecular formula is C8H16N2O. The van der Waals surface area contributed by atoms with Crippen molar-refractivity contribution in [3.8, 4) is 0 Å². The molecule has 0 aliphatic heterocycles. The van der Waals surface area contributed by atoms with Crippen LogP contribution < -0.4 is 10.6 Å². The molecule has 0 radical (unpaired) electrons. The number of amides is 2. The van der Waals surface area contributed by atoms with Crippen molar-refractivity contribution in [3.63, 3.8) is 0 Å². The van der Waals surface area contributed by atoms with Crippen LogP contribution in [0.5, 0.6) is 0 Å². The second-order valence-electron chi connectivity index (χ2n) is 3.29. The van der Waals surface area contributed by atoms with Crippen molar-refractivity contribution < 1.29 is 4.79 Å². The Bertz CT molecular complexity index is 152. The summed E-state index contributed by atoms with van der Waals surface area (Å²) in [7, 11) is 1.64. The predicted octanol–water partition coefficient (Wildman–Crippen LogP) is 1.11. The fourth-order valence-corrected chi connectivity index (χ4v) is 1.19. The van der Waals surface area contributed by atoms with E-state index in [4.69, 9.17) is 0 Å². The summed E-state index contributed by atoms with van der Waals surface area (Å²) >= 11 is 0. The lowest BCUT2D eigenvalue weighted by Crippen LogP contribution is -2.36. The molecule has 0 spiro atoms. The third kappa shape index (κ3) is 2.10. The minimum atomic E-state index is -0.0651. The highest BCUT2D eigenvalue weighted by Crippen LogP contribution is 2.47. The van der Waals surface area contributed by atoms with E-state index in [2.05, 4.69) is 17.6 Å². The molecule has 2 N–H and O–H groups in total. The van der Waals surface area contributed by atoms with Crippen LogP contribution in [0.2, 0.25) is 0 Å². The number of hydrogen-bond donors (Lipinski definition) is 2. The van der Waals surface area contributed by atoms with Crippen molar-refractivity contribution >= 4 is 6.03 Å². The van der Waals surface area contributed by atoms with Gasteiger partial charge in [-0.1, -0.05) is 6.92 Å². The molecule has 0 heterocycles. The maximum absolute atomic E-state index is 10.8. The maximum atomic E-state index is 10.8. The first-order valence-electron chi connectivity index (χ1n) is 4.18. The van der Waals surface area contributed by atoms with E-state index in [9.17, 15) is 4.79 Å². The highest BCUT2D eigenvalue weighted by molar-refractivity contribution is 5.73. The molecule has 0 saturated heterocycles. The summed E-state index contributed by atoms with van der Waals surface area (Å²) in [6, 6.07) is -0.0651. The number of hydrogen-bond acceptors (Lipinski definition) is 1. The van der Waals surface area contributed by atoms with Crippen LogP contribution in [0.4, 0.5) is 4.79 Å². The summed E-state index contributed by atoms with van der Waals surface area (Å²) in [5, 5.41) is 5.38. The minimum absolute atomic E-state index is 0.0651. The van der Waals surface area contributed by atoms with E-state index >= 15 is 0 Å². The minimum Gasteiger partial charge on any atom is -0.341 e. The van der Waals surface area contributed by atoms with Gasteiger partial charge in [-0.05, 0) is 24.7 Å². The van der Waals surface area contributed by atoms with Gasteiger partial charge in [0.25, 0.3) is 0 Å². The van der Waals surface area contributed by atoms with E-state index in [1.165, 1.54) is 19.3 Å². The molecule has 0 aromatic carbocycles. The van der Waals surface area contributed by atoms with E-state index in [-0.39, 0.29) is 6.03 Å². The molecule has 0 unspecified atom stereocenters. The van der Waals surface area contributed by atoms with Gasteiger partial charge in [0, 0.05) is 13.6 Å². The Morgan fingerprint density at radius 3 is 2.55 bits per heavy atom. The standard InChI is InChI=1S/C8H16N2O/c1-3-8(4-5-8)6-10-7(11)9-2/h3-6H2,1-2H3,(H2,9,10,11). The van der Waals surface area contributed by atoms with Gasteiger partial charge in [-0.15, -0.1) is 0 Å². The van der Waals surface area contributed by atoms with Gasteiger partial charge in [0.1, 0.15) is 0 Å². The molecule has 2 amide bonds. The first-order chi connectivity index (χ1) is 5.22. The number of nitrogens with one attached hydrogen (secondary N) is 2. The van der Waals surface area contributed by atoms with Crippen LogP contribution in [0.1, 0.15) is 26.2 Å². The van der Waals surface area contributed by atoms with Gasteiger partial charge in [0.2, 0.25) is 0 Å². The van der Waals surface area contributed by atoms with Crippen molar-refractivity contribution in [2.75, 3.05) is 13.6 Å². The smallest absolute Gasteiger partial charge is 0.314 e. The van der Waals surface area contributed by atoms with E-state index in [1.807, 2.05) is 0 Å². The van der Waals surface area contributed by atoms with Crippen molar-refractivity contribution in [3.05, 3.63) is 0 Å². The van der Waals surface area contributed by atoms with Gasteiger partial charge < -0.3 is 10.6 Å². The Balaban J connectivity index is 2.16. The normalized spacial score (nSPS) is 19.1. The second-order valence-corrected chi connectivity index (χ2v) is 3.29. The van der Waals surface area contributed by atoms with Crippen LogP contribution in [0.15, 0.2) is 0 Å². The Morgan fingerprint density at radius 2 is 2.18 bits per heavy atom. The number of carbonyl (C=O) groups is 1. The molecule has 1 rings (SSSR count). The second kappa shape index (κ2) is 3.11. The lowest BCUT2D eigenvalue weighted by Gasteiger charge is -2.12. The monoisotopic (exact) mass is 156 g/mol. The summed E-state index contributed by atoms with van der Waals surface area (Å²) in [5.74, 6) is 0. The molecular weight excluding hydrogens is 140 g/mol. The van der Waals surface area contributed by atoms with Crippen molar-refractivity contribution in [2.24, 2.45) is 5.41 Å². The first kappa shape index (κ1) is 8.37. The molecule has 0 atom stereocenters. The number of rotatable bonds is 3. The largest absolute Gasteiger partial charge is 0.341 e. The lowest BCUT2D eigenvalue weighted by molar-refractivity contribution is 0.240. The lowest BCUT2D eigenvalue weighted by atomic mass is 10.0. The van der Waals surface area contributed by atoms with Gasteiger partial charge in [0.15, 0.2) is 0 Å². The number of urea groups is 1. The van der Waals surface area contributed by atoms with E-state index in [0.717, 1.165) is 6.54 Å². The number of carbonyl (C=O) groups excluding carboxylic acids is 1. The van der Waals surface area contributed by atoms with Gasteiger partial charge in [-0.25, -0.2) is 4.79 Å². The Morgan fingerprint density at radius 1 is 1.55 bits per heavy atom. The average molecular weight is 156 g/mol.